The molecule has 2 fully saturated rings. The molecule has 5 nitrogen and oxygen atoms in total. The molecule has 3 atom stereocenters. The highest BCUT2D eigenvalue weighted by atomic mass is 32.1. The maximum Gasteiger partial charge on any atom is 0.326 e. The molecule has 0 unspecified atom stereocenters. The number of carboxylic acid groups (broad SMARTS) is 1. The summed E-state index contributed by atoms with van der Waals surface area (Å²) in [6.07, 6.45) is 4.87. The van der Waals surface area contributed by atoms with Crippen LogP contribution in [0, 0.1) is 5.92 Å². The molecule has 0 radical (unpaired) electrons. The van der Waals surface area contributed by atoms with E-state index in [-0.39, 0.29) is 30.6 Å². The highest BCUT2D eigenvalue weighted by molar-refractivity contribution is 7.12. The van der Waals surface area contributed by atoms with Crippen molar-refractivity contribution in [2.24, 2.45) is 5.92 Å². The lowest BCUT2D eigenvalue weighted by Gasteiger charge is -2.33. The number of carbonyl (C=O) groups excluding carboxylic acids is 2. The van der Waals surface area contributed by atoms with E-state index in [4.69, 9.17) is 0 Å². The molecule has 0 aromatic carbocycles. The predicted octanol–water partition coefficient (Wildman–Crippen LogP) is 2.96. The standard InChI is InChI=1S/C17H21NO4S/c19-14(15-6-3-9-23-15)7-8-16(20)18-12-5-2-1-4-11(12)10-13(18)17(21)22/h3,6,9,11-13H,1-2,4-5,7-8,10H2,(H,21,22)/t11-,12-,13-/m0/s1. The zero-order valence-electron chi connectivity index (χ0n) is 12.9. The molecule has 23 heavy (non-hydrogen) atoms. The average Bonchev–Trinajstić information content (AvgIpc) is 3.19. The summed E-state index contributed by atoms with van der Waals surface area (Å²) in [6.45, 7) is 0. The molecule has 1 aliphatic carbocycles. The van der Waals surface area contributed by atoms with E-state index in [0.29, 0.717) is 17.2 Å². The molecule has 1 aromatic heterocycles. The maximum atomic E-state index is 12.6. The maximum absolute atomic E-state index is 12.6. The van der Waals surface area contributed by atoms with Gasteiger partial charge in [-0.2, -0.15) is 0 Å². The lowest BCUT2D eigenvalue weighted by molar-refractivity contribution is -0.149. The number of hydrogen-bond acceptors (Lipinski definition) is 4. The molecule has 0 spiro atoms. The number of likely N-dealkylation sites (tertiary alicyclic amines) is 1. The number of rotatable bonds is 5. The third kappa shape index (κ3) is 3.32. The molecule has 1 aliphatic heterocycles. The van der Waals surface area contributed by atoms with Gasteiger partial charge in [0, 0.05) is 18.9 Å². The van der Waals surface area contributed by atoms with Gasteiger partial charge in [-0.15, -0.1) is 11.3 Å². The van der Waals surface area contributed by atoms with E-state index in [9.17, 15) is 19.5 Å². The first-order valence-corrected chi connectivity index (χ1v) is 9.06. The zero-order valence-corrected chi connectivity index (χ0v) is 13.8. The second kappa shape index (κ2) is 6.83. The number of Topliss-reactive ketones (excluding diaryl/α,β-unsaturated/α-hetero) is 1. The van der Waals surface area contributed by atoms with Crippen LogP contribution < -0.4 is 0 Å². The Hall–Kier alpha value is -1.69. The van der Waals surface area contributed by atoms with Crippen LogP contribution in [0.25, 0.3) is 0 Å². The fraction of sp³-hybridized carbons (Fsp3) is 0.588. The lowest BCUT2D eigenvalue weighted by atomic mass is 9.84. The Kier molecular flexibility index (Phi) is 4.80. The van der Waals surface area contributed by atoms with E-state index in [0.717, 1.165) is 25.7 Å². The fourth-order valence-corrected chi connectivity index (χ4v) is 4.64. The average molecular weight is 335 g/mol. The third-order valence-corrected chi connectivity index (χ3v) is 5.93. The minimum atomic E-state index is -0.919. The summed E-state index contributed by atoms with van der Waals surface area (Å²) >= 11 is 1.37. The van der Waals surface area contributed by atoms with Crippen LogP contribution in [0.5, 0.6) is 0 Å². The van der Waals surface area contributed by atoms with Gasteiger partial charge in [-0.3, -0.25) is 9.59 Å². The van der Waals surface area contributed by atoms with E-state index >= 15 is 0 Å². The summed E-state index contributed by atoms with van der Waals surface area (Å²) in [6, 6.07) is 2.90. The minimum absolute atomic E-state index is 0.0420. The summed E-state index contributed by atoms with van der Waals surface area (Å²) in [7, 11) is 0. The molecular formula is C17H21NO4S. The Morgan fingerprint density at radius 3 is 2.70 bits per heavy atom. The summed E-state index contributed by atoms with van der Waals surface area (Å²) < 4.78 is 0. The van der Waals surface area contributed by atoms with Gasteiger partial charge in [0.2, 0.25) is 5.91 Å². The first-order valence-electron chi connectivity index (χ1n) is 8.18. The first kappa shape index (κ1) is 16.2. The van der Waals surface area contributed by atoms with Gasteiger partial charge in [0.15, 0.2) is 5.78 Å². The van der Waals surface area contributed by atoms with Crippen molar-refractivity contribution < 1.29 is 19.5 Å². The monoisotopic (exact) mass is 335 g/mol. The van der Waals surface area contributed by atoms with E-state index in [1.165, 1.54) is 11.3 Å². The first-order chi connectivity index (χ1) is 11.1. The largest absolute Gasteiger partial charge is 0.480 e. The topological polar surface area (TPSA) is 74.7 Å². The molecule has 1 saturated carbocycles. The fourth-order valence-electron chi connectivity index (χ4n) is 3.95. The number of carboxylic acids is 1. The summed E-state index contributed by atoms with van der Waals surface area (Å²) in [4.78, 5) is 38.4. The van der Waals surface area contributed by atoms with Gasteiger partial charge < -0.3 is 10.0 Å². The number of ketones is 1. The summed E-state index contributed by atoms with van der Waals surface area (Å²) in [5, 5.41) is 11.3. The van der Waals surface area contributed by atoms with Crippen LogP contribution in [0.4, 0.5) is 0 Å². The zero-order chi connectivity index (χ0) is 16.4. The number of thiophene rings is 1. The van der Waals surface area contributed by atoms with Crippen molar-refractivity contribution >= 4 is 29.0 Å². The van der Waals surface area contributed by atoms with Crippen LogP contribution in [0.15, 0.2) is 17.5 Å². The van der Waals surface area contributed by atoms with Crippen LogP contribution in [0.2, 0.25) is 0 Å². The minimum Gasteiger partial charge on any atom is -0.480 e. The Morgan fingerprint density at radius 2 is 2.00 bits per heavy atom. The van der Waals surface area contributed by atoms with Crippen LogP contribution in [-0.4, -0.2) is 39.7 Å². The van der Waals surface area contributed by atoms with Gasteiger partial charge in [-0.1, -0.05) is 18.9 Å². The molecule has 1 N–H and O–H groups in total. The van der Waals surface area contributed by atoms with Crippen LogP contribution in [0.1, 0.15) is 54.6 Å². The van der Waals surface area contributed by atoms with E-state index in [2.05, 4.69) is 0 Å². The summed E-state index contributed by atoms with van der Waals surface area (Å²) in [5.41, 5.74) is 0. The molecule has 124 valence electrons. The molecule has 1 amide bonds. The van der Waals surface area contributed by atoms with Gasteiger partial charge in [-0.05, 0) is 36.6 Å². The summed E-state index contributed by atoms with van der Waals surface area (Å²) in [5.74, 6) is -0.838. The van der Waals surface area contributed by atoms with Gasteiger partial charge in [0.1, 0.15) is 6.04 Å². The second-order valence-electron chi connectivity index (χ2n) is 6.40. The number of carbonyl (C=O) groups is 3. The number of aliphatic carboxylic acids is 1. The highest BCUT2D eigenvalue weighted by Gasteiger charge is 2.47. The molecule has 3 rings (SSSR count). The SMILES string of the molecule is O=C(CCC(=O)N1[C@H](C(=O)O)C[C@@H]2CCCC[C@@H]21)c1cccs1. The molecule has 2 heterocycles. The van der Waals surface area contributed by atoms with Crippen molar-refractivity contribution in [3.63, 3.8) is 0 Å². The molecule has 1 saturated heterocycles. The Balaban J connectivity index is 1.66. The van der Waals surface area contributed by atoms with Crippen LogP contribution in [0.3, 0.4) is 0 Å². The third-order valence-electron chi connectivity index (χ3n) is 5.02. The Labute approximate surface area is 139 Å². The second-order valence-corrected chi connectivity index (χ2v) is 7.35. The number of amides is 1. The molecular weight excluding hydrogens is 314 g/mol. The van der Waals surface area contributed by atoms with Crippen molar-refractivity contribution in [1.82, 2.24) is 4.90 Å². The van der Waals surface area contributed by atoms with Gasteiger partial charge >= 0.3 is 5.97 Å². The molecule has 6 heteroatoms. The van der Waals surface area contributed by atoms with E-state index in [1.54, 1.807) is 11.0 Å². The van der Waals surface area contributed by atoms with Gasteiger partial charge in [0.25, 0.3) is 0 Å². The quantitative estimate of drug-likeness (QED) is 0.840. The number of hydrogen-bond donors (Lipinski definition) is 1. The van der Waals surface area contributed by atoms with E-state index in [1.807, 2.05) is 11.4 Å². The van der Waals surface area contributed by atoms with Gasteiger partial charge in [0.05, 0.1) is 4.88 Å². The van der Waals surface area contributed by atoms with Crippen molar-refractivity contribution in [3.05, 3.63) is 22.4 Å². The van der Waals surface area contributed by atoms with Crippen molar-refractivity contribution in [2.75, 3.05) is 0 Å². The Morgan fingerprint density at radius 1 is 1.22 bits per heavy atom. The Bertz CT molecular complexity index is 598. The van der Waals surface area contributed by atoms with Crippen molar-refractivity contribution in [2.45, 2.75) is 57.0 Å². The number of nitrogens with zero attached hydrogens (tertiary/aromatic N) is 1. The van der Waals surface area contributed by atoms with E-state index < -0.39 is 12.0 Å². The van der Waals surface area contributed by atoms with Crippen molar-refractivity contribution in [1.29, 1.82) is 0 Å². The smallest absolute Gasteiger partial charge is 0.326 e. The van der Waals surface area contributed by atoms with Crippen molar-refractivity contribution in [3.8, 4) is 0 Å². The number of fused-ring (bicyclic) bond motifs is 1. The van der Waals surface area contributed by atoms with Crippen LogP contribution in [-0.2, 0) is 9.59 Å². The predicted molar refractivity (Wildman–Crippen MR) is 86.5 cm³/mol. The molecule has 2 aliphatic rings. The van der Waals surface area contributed by atoms with Gasteiger partial charge in [-0.25, -0.2) is 4.79 Å². The highest BCUT2D eigenvalue weighted by Crippen LogP contribution is 2.40. The lowest BCUT2D eigenvalue weighted by Crippen LogP contribution is -2.46. The normalized spacial score (nSPS) is 26.8. The molecule has 1 aromatic rings. The van der Waals surface area contributed by atoms with Crippen LogP contribution >= 0.6 is 11.3 Å². The molecule has 0 bridgehead atoms.